The summed E-state index contributed by atoms with van der Waals surface area (Å²) in [6.45, 7) is 7.01. The Labute approximate surface area is 145 Å². The predicted octanol–water partition coefficient (Wildman–Crippen LogP) is 5.57. The van der Waals surface area contributed by atoms with E-state index in [0.29, 0.717) is 0 Å². The monoisotopic (exact) mass is 324 g/mol. The van der Waals surface area contributed by atoms with E-state index in [1.165, 1.54) is 11.1 Å². The van der Waals surface area contributed by atoms with Crippen LogP contribution in [0.3, 0.4) is 0 Å². The zero-order valence-electron chi connectivity index (χ0n) is 15.0. The van der Waals surface area contributed by atoms with Crippen molar-refractivity contribution in [2.24, 2.45) is 10.8 Å². The molecule has 0 amide bonds. The van der Waals surface area contributed by atoms with E-state index in [1.807, 2.05) is 0 Å². The van der Waals surface area contributed by atoms with Crippen LogP contribution in [0.1, 0.15) is 44.7 Å². The lowest BCUT2D eigenvalue weighted by molar-refractivity contribution is 0.0850. The third-order valence-electron chi connectivity index (χ3n) is 5.11. The molecule has 2 aromatic rings. The third kappa shape index (κ3) is 4.68. The van der Waals surface area contributed by atoms with Gasteiger partial charge in [-0.05, 0) is 42.2 Å². The maximum atomic E-state index is 5.23. The van der Waals surface area contributed by atoms with Crippen LogP contribution in [0, 0.1) is 10.8 Å². The molecule has 0 aliphatic carbocycles. The van der Waals surface area contributed by atoms with Gasteiger partial charge in [-0.1, -0.05) is 81.4 Å². The fourth-order valence-electron chi connectivity index (χ4n) is 3.47. The molecule has 2 aromatic carbocycles. The molecule has 0 saturated carbocycles. The van der Waals surface area contributed by atoms with E-state index in [2.05, 4.69) is 81.4 Å². The molecule has 0 N–H and O–H groups in total. The van der Waals surface area contributed by atoms with Gasteiger partial charge in [0.15, 0.2) is 0 Å². The standard InChI is InChI=1S/C22H28O2/c1-21(2,16-18-10-6-4-7-11-18)14-15-22(3,20-23-24-20)17-19-12-8-5-9-13-19/h4-13,20H,14-17H2,1-3H3. The van der Waals surface area contributed by atoms with E-state index >= 15 is 0 Å². The minimum atomic E-state index is -0.0646. The van der Waals surface area contributed by atoms with Gasteiger partial charge < -0.3 is 0 Å². The molecule has 0 spiro atoms. The van der Waals surface area contributed by atoms with Crippen LogP contribution in [0.2, 0.25) is 0 Å². The SMILES string of the molecule is CC(C)(CCC(C)(Cc1ccccc1)C1OO1)Cc1ccccc1. The average Bonchev–Trinajstić information content (AvgIpc) is 3.40. The first-order chi connectivity index (χ1) is 11.5. The molecule has 24 heavy (non-hydrogen) atoms. The first-order valence-electron chi connectivity index (χ1n) is 8.87. The van der Waals surface area contributed by atoms with Crippen molar-refractivity contribution in [1.82, 2.24) is 0 Å². The topological polar surface area (TPSA) is 25.1 Å². The molecular weight excluding hydrogens is 296 g/mol. The maximum absolute atomic E-state index is 5.23. The summed E-state index contributed by atoms with van der Waals surface area (Å²) < 4.78 is 0. The van der Waals surface area contributed by atoms with E-state index in [9.17, 15) is 0 Å². The minimum absolute atomic E-state index is 0.0231. The van der Waals surface area contributed by atoms with Crippen LogP contribution in [-0.4, -0.2) is 6.29 Å². The average molecular weight is 324 g/mol. The van der Waals surface area contributed by atoms with Crippen molar-refractivity contribution in [2.45, 2.75) is 52.7 Å². The smallest absolute Gasteiger partial charge is 0.198 e. The Bertz CT molecular complexity index is 632. The third-order valence-corrected chi connectivity index (χ3v) is 5.11. The van der Waals surface area contributed by atoms with Gasteiger partial charge in [0.1, 0.15) is 0 Å². The Hall–Kier alpha value is -1.64. The molecule has 1 atom stereocenters. The van der Waals surface area contributed by atoms with Crippen molar-refractivity contribution in [3.8, 4) is 0 Å². The Kier molecular flexibility index (Phi) is 5.07. The van der Waals surface area contributed by atoms with Gasteiger partial charge in [0.25, 0.3) is 0 Å². The molecule has 0 radical (unpaired) electrons. The van der Waals surface area contributed by atoms with Gasteiger partial charge in [-0.3, -0.25) is 0 Å². The second kappa shape index (κ2) is 7.08. The van der Waals surface area contributed by atoms with E-state index in [-0.39, 0.29) is 17.1 Å². The van der Waals surface area contributed by atoms with E-state index in [1.54, 1.807) is 0 Å². The maximum Gasteiger partial charge on any atom is 0.230 e. The fraction of sp³-hybridized carbons (Fsp3) is 0.455. The molecular formula is C22H28O2. The van der Waals surface area contributed by atoms with Gasteiger partial charge in [-0.15, -0.1) is 0 Å². The van der Waals surface area contributed by atoms with Crippen LogP contribution in [0.25, 0.3) is 0 Å². The van der Waals surface area contributed by atoms with Crippen molar-refractivity contribution in [2.75, 3.05) is 0 Å². The van der Waals surface area contributed by atoms with Crippen LogP contribution < -0.4 is 0 Å². The van der Waals surface area contributed by atoms with Crippen LogP contribution in [-0.2, 0) is 22.6 Å². The molecule has 2 nitrogen and oxygen atoms in total. The van der Waals surface area contributed by atoms with Crippen LogP contribution in [0.15, 0.2) is 60.7 Å². The Balaban J connectivity index is 1.63. The second-order valence-corrected chi connectivity index (χ2v) is 8.17. The van der Waals surface area contributed by atoms with Gasteiger partial charge in [0.2, 0.25) is 6.29 Å². The van der Waals surface area contributed by atoms with Crippen LogP contribution in [0.4, 0.5) is 0 Å². The van der Waals surface area contributed by atoms with E-state index in [4.69, 9.17) is 9.78 Å². The second-order valence-electron chi connectivity index (χ2n) is 8.17. The molecule has 1 saturated heterocycles. The Morgan fingerprint density at radius 2 is 1.21 bits per heavy atom. The first kappa shape index (κ1) is 17.2. The van der Waals surface area contributed by atoms with Crippen molar-refractivity contribution in [3.63, 3.8) is 0 Å². The summed E-state index contributed by atoms with van der Waals surface area (Å²) in [6, 6.07) is 21.4. The lowest BCUT2D eigenvalue weighted by Crippen LogP contribution is -2.29. The highest BCUT2D eigenvalue weighted by Gasteiger charge is 2.46. The summed E-state index contributed by atoms with van der Waals surface area (Å²) >= 11 is 0. The zero-order chi connectivity index (χ0) is 17.0. The first-order valence-corrected chi connectivity index (χ1v) is 8.87. The molecule has 0 aromatic heterocycles. The Morgan fingerprint density at radius 1 is 0.708 bits per heavy atom. The highest BCUT2D eigenvalue weighted by molar-refractivity contribution is 5.18. The van der Waals surface area contributed by atoms with E-state index in [0.717, 1.165) is 25.7 Å². The zero-order valence-corrected chi connectivity index (χ0v) is 15.0. The van der Waals surface area contributed by atoms with Crippen LogP contribution in [0.5, 0.6) is 0 Å². The summed E-state index contributed by atoms with van der Waals surface area (Å²) in [5, 5.41) is 0. The number of hydrogen-bond donors (Lipinski definition) is 0. The summed E-state index contributed by atoms with van der Waals surface area (Å²) in [5.41, 5.74) is 3.04. The van der Waals surface area contributed by atoms with Gasteiger partial charge in [-0.2, -0.15) is 9.78 Å². The molecule has 1 unspecified atom stereocenters. The molecule has 3 rings (SSSR count). The van der Waals surface area contributed by atoms with Crippen molar-refractivity contribution < 1.29 is 9.78 Å². The minimum Gasteiger partial charge on any atom is -0.198 e. The molecule has 2 heteroatoms. The molecule has 1 heterocycles. The quantitative estimate of drug-likeness (QED) is 0.468. The number of hydrogen-bond acceptors (Lipinski definition) is 2. The highest BCUT2D eigenvalue weighted by Crippen LogP contribution is 2.43. The number of rotatable bonds is 8. The lowest BCUT2D eigenvalue weighted by atomic mass is 9.73. The highest BCUT2D eigenvalue weighted by atomic mass is 17.4. The largest absolute Gasteiger partial charge is 0.230 e. The lowest BCUT2D eigenvalue weighted by Gasteiger charge is -2.32. The Morgan fingerprint density at radius 3 is 1.71 bits per heavy atom. The normalized spacial score (nSPS) is 17.5. The summed E-state index contributed by atoms with van der Waals surface area (Å²) in [5.74, 6) is 0. The molecule has 1 fully saturated rings. The van der Waals surface area contributed by atoms with Crippen molar-refractivity contribution >= 4 is 0 Å². The summed E-state index contributed by atoms with van der Waals surface area (Å²) in [4.78, 5) is 10.5. The van der Waals surface area contributed by atoms with Crippen LogP contribution >= 0.6 is 0 Å². The molecule has 1 aliphatic rings. The molecule has 1 aliphatic heterocycles. The molecule has 0 bridgehead atoms. The van der Waals surface area contributed by atoms with Gasteiger partial charge in [0, 0.05) is 5.41 Å². The van der Waals surface area contributed by atoms with Gasteiger partial charge >= 0.3 is 0 Å². The number of benzene rings is 2. The molecule has 128 valence electrons. The summed E-state index contributed by atoms with van der Waals surface area (Å²) in [7, 11) is 0. The van der Waals surface area contributed by atoms with Crippen molar-refractivity contribution in [3.05, 3.63) is 71.8 Å². The van der Waals surface area contributed by atoms with Crippen molar-refractivity contribution in [1.29, 1.82) is 0 Å². The fourth-order valence-corrected chi connectivity index (χ4v) is 3.47. The van der Waals surface area contributed by atoms with E-state index < -0.39 is 0 Å². The predicted molar refractivity (Wildman–Crippen MR) is 97.4 cm³/mol. The summed E-state index contributed by atoms with van der Waals surface area (Å²) in [6.07, 6.45) is 4.26. The van der Waals surface area contributed by atoms with Gasteiger partial charge in [0.05, 0.1) is 0 Å². The van der Waals surface area contributed by atoms with Gasteiger partial charge in [-0.25, -0.2) is 0 Å².